The van der Waals surface area contributed by atoms with Crippen molar-refractivity contribution < 1.29 is 4.79 Å². The number of nitrogens with one attached hydrogen (secondary N) is 2. The van der Waals surface area contributed by atoms with Gasteiger partial charge < -0.3 is 10.6 Å². The van der Waals surface area contributed by atoms with Crippen LogP contribution in [0.25, 0.3) is 0 Å². The van der Waals surface area contributed by atoms with Crippen LogP contribution in [0.4, 0.5) is 11.5 Å². The van der Waals surface area contributed by atoms with E-state index in [0.717, 1.165) is 17.7 Å². The second-order valence-electron chi connectivity index (χ2n) is 9.59. The highest BCUT2D eigenvalue weighted by Crippen LogP contribution is 2.46. The third kappa shape index (κ3) is 4.46. The summed E-state index contributed by atoms with van der Waals surface area (Å²) < 4.78 is 0. The van der Waals surface area contributed by atoms with Gasteiger partial charge >= 0.3 is 0 Å². The molecule has 0 spiro atoms. The van der Waals surface area contributed by atoms with Crippen molar-refractivity contribution in [1.82, 2.24) is 9.97 Å². The lowest BCUT2D eigenvalue weighted by Gasteiger charge is -2.42. The number of fused-ring (bicyclic) bond motifs is 1. The van der Waals surface area contributed by atoms with E-state index in [1.165, 1.54) is 17.5 Å². The Bertz CT molecular complexity index is 1090. The first kappa shape index (κ1) is 21.0. The van der Waals surface area contributed by atoms with E-state index in [9.17, 15) is 4.79 Å². The van der Waals surface area contributed by atoms with Gasteiger partial charge in [-0.2, -0.15) is 0 Å². The lowest BCUT2D eigenvalue weighted by molar-refractivity contribution is 0.102. The van der Waals surface area contributed by atoms with Gasteiger partial charge in [-0.1, -0.05) is 33.8 Å². The maximum Gasteiger partial charge on any atom is 0.259 e. The van der Waals surface area contributed by atoms with E-state index in [4.69, 9.17) is 0 Å². The number of rotatable bonds is 5. The summed E-state index contributed by atoms with van der Waals surface area (Å²) in [6.45, 7) is 9.75. The van der Waals surface area contributed by atoms with Gasteiger partial charge in [-0.25, -0.2) is 4.98 Å². The first-order valence-electron chi connectivity index (χ1n) is 10.8. The standard InChI is InChI=1S/C26H30N4O/c1-25(2)11-12-26(3,4)22-16-19(7-8-21(22)25)30-24(31)20-6-5-13-28-23(20)29-17-18-9-14-27-15-10-18/h5-10,13-16H,11-12,17H2,1-4H3,(H,28,29)(H,30,31). The van der Waals surface area contributed by atoms with Gasteiger partial charge in [0.25, 0.3) is 5.91 Å². The Morgan fingerprint density at radius 2 is 1.65 bits per heavy atom. The molecule has 4 rings (SSSR count). The number of carbonyl (C=O) groups excluding carboxylic acids is 1. The highest BCUT2D eigenvalue weighted by atomic mass is 16.1. The van der Waals surface area contributed by atoms with Crippen LogP contribution in [0.1, 0.15) is 67.6 Å². The van der Waals surface area contributed by atoms with Crippen molar-refractivity contribution in [2.75, 3.05) is 10.6 Å². The molecule has 31 heavy (non-hydrogen) atoms. The summed E-state index contributed by atoms with van der Waals surface area (Å²) in [5.74, 6) is 0.398. The van der Waals surface area contributed by atoms with E-state index in [0.29, 0.717) is 17.9 Å². The Morgan fingerprint density at radius 1 is 0.935 bits per heavy atom. The molecule has 0 unspecified atom stereocenters. The molecule has 2 N–H and O–H groups in total. The minimum atomic E-state index is -0.168. The molecule has 1 aliphatic rings. The molecule has 0 fully saturated rings. The van der Waals surface area contributed by atoms with Crippen molar-refractivity contribution in [1.29, 1.82) is 0 Å². The molecule has 2 aromatic heterocycles. The van der Waals surface area contributed by atoms with Crippen LogP contribution in [0, 0.1) is 0 Å². The predicted octanol–water partition coefficient (Wildman–Crippen LogP) is 5.69. The van der Waals surface area contributed by atoms with Crippen LogP contribution >= 0.6 is 0 Å². The number of benzene rings is 1. The molecule has 5 heteroatoms. The summed E-state index contributed by atoms with van der Waals surface area (Å²) in [4.78, 5) is 21.5. The molecular weight excluding hydrogens is 384 g/mol. The number of aromatic nitrogens is 2. The van der Waals surface area contributed by atoms with Crippen LogP contribution in [-0.2, 0) is 17.4 Å². The molecule has 0 saturated carbocycles. The Labute approximate surface area is 184 Å². The minimum absolute atomic E-state index is 0.0944. The Hall–Kier alpha value is -3.21. The van der Waals surface area contributed by atoms with Crippen molar-refractivity contribution >= 4 is 17.4 Å². The second kappa shape index (κ2) is 8.14. The SMILES string of the molecule is CC1(C)CCC(C)(C)c2cc(NC(=O)c3cccnc3NCc3ccncc3)ccc21. The monoisotopic (exact) mass is 414 g/mol. The fourth-order valence-corrected chi connectivity index (χ4v) is 4.28. The van der Waals surface area contributed by atoms with Crippen molar-refractivity contribution in [3.8, 4) is 0 Å². The Morgan fingerprint density at radius 3 is 2.39 bits per heavy atom. The molecule has 1 aromatic carbocycles. The van der Waals surface area contributed by atoms with Crippen LogP contribution < -0.4 is 10.6 Å². The average Bonchev–Trinajstić information content (AvgIpc) is 2.76. The summed E-state index contributed by atoms with van der Waals surface area (Å²) in [7, 11) is 0. The summed E-state index contributed by atoms with van der Waals surface area (Å²) in [5, 5.41) is 6.35. The van der Waals surface area contributed by atoms with Gasteiger partial charge in [-0.05, 0) is 76.8 Å². The molecule has 0 aliphatic heterocycles. The molecule has 1 amide bonds. The van der Waals surface area contributed by atoms with Crippen molar-refractivity contribution in [2.24, 2.45) is 0 Å². The van der Waals surface area contributed by atoms with Gasteiger partial charge in [0.1, 0.15) is 5.82 Å². The van der Waals surface area contributed by atoms with Crippen LogP contribution in [0.2, 0.25) is 0 Å². The Kier molecular flexibility index (Phi) is 5.52. The summed E-state index contributed by atoms with van der Waals surface area (Å²) in [6.07, 6.45) is 7.50. The van der Waals surface area contributed by atoms with Gasteiger partial charge in [0.05, 0.1) is 5.56 Å². The highest BCUT2D eigenvalue weighted by molar-refractivity contribution is 6.07. The maximum absolute atomic E-state index is 13.1. The van der Waals surface area contributed by atoms with Crippen LogP contribution in [0.3, 0.4) is 0 Å². The smallest absolute Gasteiger partial charge is 0.259 e. The first-order valence-corrected chi connectivity index (χ1v) is 10.8. The summed E-state index contributed by atoms with van der Waals surface area (Å²) in [5.41, 5.74) is 5.36. The van der Waals surface area contributed by atoms with Gasteiger partial charge in [0, 0.05) is 30.8 Å². The zero-order valence-corrected chi connectivity index (χ0v) is 18.7. The number of carbonyl (C=O) groups is 1. The van der Waals surface area contributed by atoms with Gasteiger partial charge in [-0.15, -0.1) is 0 Å². The van der Waals surface area contributed by atoms with Crippen LogP contribution in [0.15, 0.2) is 61.1 Å². The molecular formula is C26H30N4O. The fraction of sp³-hybridized carbons (Fsp3) is 0.346. The molecule has 0 atom stereocenters. The van der Waals surface area contributed by atoms with Crippen LogP contribution in [-0.4, -0.2) is 15.9 Å². The third-order valence-electron chi connectivity index (χ3n) is 6.37. The summed E-state index contributed by atoms with van der Waals surface area (Å²) in [6, 6.07) is 13.8. The third-order valence-corrected chi connectivity index (χ3v) is 6.37. The van der Waals surface area contributed by atoms with Gasteiger partial charge in [-0.3, -0.25) is 9.78 Å². The predicted molar refractivity (Wildman–Crippen MR) is 125 cm³/mol. The fourth-order valence-electron chi connectivity index (χ4n) is 4.28. The molecule has 2 heterocycles. The lowest BCUT2D eigenvalue weighted by Crippen LogP contribution is -2.33. The highest BCUT2D eigenvalue weighted by Gasteiger charge is 2.37. The first-order chi connectivity index (χ1) is 14.8. The van der Waals surface area contributed by atoms with Gasteiger partial charge in [0.2, 0.25) is 0 Å². The number of amides is 1. The van der Waals surface area contributed by atoms with E-state index in [2.05, 4.69) is 60.4 Å². The summed E-state index contributed by atoms with van der Waals surface area (Å²) >= 11 is 0. The maximum atomic E-state index is 13.1. The topological polar surface area (TPSA) is 66.9 Å². The quantitative estimate of drug-likeness (QED) is 0.563. The van der Waals surface area contributed by atoms with E-state index >= 15 is 0 Å². The largest absolute Gasteiger partial charge is 0.365 e. The van der Waals surface area contributed by atoms with Crippen LogP contribution in [0.5, 0.6) is 0 Å². The molecule has 0 radical (unpaired) electrons. The van der Waals surface area contributed by atoms with E-state index in [1.54, 1.807) is 30.7 Å². The minimum Gasteiger partial charge on any atom is -0.365 e. The average molecular weight is 415 g/mol. The number of hydrogen-bond donors (Lipinski definition) is 2. The van der Waals surface area contributed by atoms with E-state index in [-0.39, 0.29) is 16.7 Å². The zero-order chi connectivity index (χ0) is 22.1. The van der Waals surface area contributed by atoms with Crippen molar-refractivity contribution in [3.63, 3.8) is 0 Å². The number of anilines is 2. The number of nitrogens with zero attached hydrogens (tertiary/aromatic N) is 2. The van der Waals surface area contributed by atoms with E-state index in [1.807, 2.05) is 18.2 Å². The molecule has 1 aliphatic carbocycles. The molecule has 3 aromatic rings. The number of hydrogen-bond acceptors (Lipinski definition) is 4. The Balaban J connectivity index is 1.56. The molecule has 160 valence electrons. The second-order valence-corrected chi connectivity index (χ2v) is 9.59. The normalized spacial score (nSPS) is 16.3. The number of pyridine rings is 2. The molecule has 0 bridgehead atoms. The van der Waals surface area contributed by atoms with Gasteiger partial charge in [0.15, 0.2) is 0 Å². The zero-order valence-electron chi connectivity index (χ0n) is 18.7. The lowest BCUT2D eigenvalue weighted by atomic mass is 9.63. The molecule has 5 nitrogen and oxygen atoms in total. The van der Waals surface area contributed by atoms with E-state index < -0.39 is 0 Å². The van der Waals surface area contributed by atoms with Crippen molar-refractivity contribution in [3.05, 3.63) is 83.3 Å². The van der Waals surface area contributed by atoms with Crippen molar-refractivity contribution in [2.45, 2.75) is 57.9 Å². The molecule has 0 saturated heterocycles.